The summed E-state index contributed by atoms with van der Waals surface area (Å²) in [5, 5.41) is 0.533. The number of aromatic amines is 1. The molecule has 172 valence electrons. The number of fused-ring (bicyclic) bond motifs is 3. The number of rotatable bonds is 3. The molecule has 0 fully saturated rings. The SMILES string of the molecule is Cc1cc(C(=O)N2C=C(C(=O)OC(C)C)c3[nH]c4ncc(F)cc4c3C(C)(C)C2)ccc1F. The summed E-state index contributed by atoms with van der Waals surface area (Å²) >= 11 is 0. The fourth-order valence-electron chi connectivity index (χ4n) is 4.23. The number of aromatic nitrogens is 2. The van der Waals surface area contributed by atoms with Crippen LogP contribution in [0.25, 0.3) is 16.6 Å². The molecular weight excluding hydrogens is 428 g/mol. The largest absolute Gasteiger partial charge is 0.459 e. The first-order valence-corrected chi connectivity index (χ1v) is 10.7. The van der Waals surface area contributed by atoms with E-state index in [1.54, 1.807) is 20.8 Å². The van der Waals surface area contributed by atoms with Crippen molar-refractivity contribution in [2.45, 2.75) is 46.1 Å². The molecule has 2 aromatic heterocycles. The average Bonchev–Trinajstić information content (AvgIpc) is 3.05. The van der Waals surface area contributed by atoms with Gasteiger partial charge in [0.05, 0.1) is 23.6 Å². The molecule has 3 heterocycles. The van der Waals surface area contributed by atoms with Gasteiger partial charge in [0.25, 0.3) is 5.91 Å². The van der Waals surface area contributed by atoms with Crippen LogP contribution in [0, 0.1) is 18.6 Å². The summed E-state index contributed by atoms with van der Waals surface area (Å²) in [6.07, 6.45) is 2.17. The van der Waals surface area contributed by atoms with E-state index in [0.29, 0.717) is 33.4 Å². The molecule has 0 bridgehead atoms. The number of nitrogens with zero attached hydrogens (tertiary/aromatic N) is 2. The van der Waals surface area contributed by atoms with Crippen LogP contribution < -0.4 is 0 Å². The first-order chi connectivity index (χ1) is 15.5. The van der Waals surface area contributed by atoms with Crippen molar-refractivity contribution in [3.63, 3.8) is 0 Å². The first-order valence-electron chi connectivity index (χ1n) is 10.7. The van der Waals surface area contributed by atoms with Gasteiger partial charge in [-0.05, 0) is 56.2 Å². The van der Waals surface area contributed by atoms with E-state index in [-0.39, 0.29) is 24.1 Å². The molecule has 1 aliphatic rings. The lowest BCUT2D eigenvalue weighted by Crippen LogP contribution is -2.37. The molecule has 0 spiro atoms. The predicted octanol–water partition coefficient (Wildman–Crippen LogP) is 4.88. The van der Waals surface area contributed by atoms with E-state index in [0.717, 1.165) is 6.20 Å². The highest BCUT2D eigenvalue weighted by molar-refractivity contribution is 6.18. The summed E-state index contributed by atoms with van der Waals surface area (Å²) < 4.78 is 33.3. The Morgan fingerprint density at radius 2 is 1.94 bits per heavy atom. The number of hydrogen-bond donors (Lipinski definition) is 1. The molecule has 0 atom stereocenters. The van der Waals surface area contributed by atoms with Gasteiger partial charge in [-0.15, -0.1) is 0 Å². The fourth-order valence-corrected chi connectivity index (χ4v) is 4.23. The smallest absolute Gasteiger partial charge is 0.342 e. The molecular formula is C25H25F2N3O3. The maximum atomic E-state index is 14.1. The van der Waals surface area contributed by atoms with Crippen molar-refractivity contribution in [1.82, 2.24) is 14.9 Å². The Labute approximate surface area is 190 Å². The minimum Gasteiger partial charge on any atom is -0.459 e. The quantitative estimate of drug-likeness (QED) is 0.574. The van der Waals surface area contributed by atoms with Crippen LogP contribution in [0.2, 0.25) is 0 Å². The number of esters is 1. The van der Waals surface area contributed by atoms with Gasteiger partial charge in [0, 0.05) is 29.1 Å². The van der Waals surface area contributed by atoms with Crippen LogP contribution in [-0.2, 0) is 14.9 Å². The molecule has 3 aromatic rings. The van der Waals surface area contributed by atoms with Gasteiger partial charge in [-0.25, -0.2) is 18.6 Å². The van der Waals surface area contributed by atoms with E-state index < -0.39 is 23.0 Å². The van der Waals surface area contributed by atoms with Crippen molar-refractivity contribution in [2.75, 3.05) is 6.54 Å². The number of carbonyl (C=O) groups is 2. The highest BCUT2D eigenvalue weighted by atomic mass is 19.1. The maximum Gasteiger partial charge on any atom is 0.342 e. The van der Waals surface area contributed by atoms with Gasteiger partial charge in [-0.3, -0.25) is 4.79 Å². The summed E-state index contributed by atoms with van der Waals surface area (Å²) in [5.74, 6) is -1.92. The molecule has 1 aromatic carbocycles. The van der Waals surface area contributed by atoms with Gasteiger partial charge < -0.3 is 14.6 Å². The molecule has 1 amide bonds. The minimum absolute atomic E-state index is 0.134. The van der Waals surface area contributed by atoms with Crippen LogP contribution in [0.15, 0.2) is 36.7 Å². The second-order valence-corrected chi connectivity index (χ2v) is 9.20. The van der Waals surface area contributed by atoms with E-state index >= 15 is 0 Å². The van der Waals surface area contributed by atoms with E-state index in [2.05, 4.69) is 9.97 Å². The number of halogens is 2. The van der Waals surface area contributed by atoms with Crippen LogP contribution in [0.4, 0.5) is 8.78 Å². The molecule has 0 saturated heterocycles. The third kappa shape index (κ3) is 4.13. The number of amides is 1. The van der Waals surface area contributed by atoms with Crippen molar-refractivity contribution in [3.8, 4) is 0 Å². The predicted molar refractivity (Wildman–Crippen MR) is 120 cm³/mol. The highest BCUT2D eigenvalue weighted by Gasteiger charge is 2.38. The molecule has 0 saturated carbocycles. The normalized spacial score (nSPS) is 15.3. The number of carbonyl (C=O) groups excluding carboxylic acids is 2. The lowest BCUT2D eigenvalue weighted by molar-refractivity contribution is -0.140. The van der Waals surface area contributed by atoms with Crippen molar-refractivity contribution in [2.24, 2.45) is 0 Å². The molecule has 1 N–H and O–H groups in total. The standard InChI is InChI=1S/C25H25F2N3O3/c1-13(2)33-24(32)18-11-30(23(31)15-6-7-19(27)14(3)8-15)12-25(4,5)20-17-9-16(26)10-28-22(17)29-21(18)20/h6-11,13H,12H2,1-5H3,(H,28,29). The Bertz CT molecular complexity index is 1310. The number of benzene rings is 1. The van der Waals surface area contributed by atoms with Crippen LogP contribution in [0.1, 0.15) is 54.9 Å². The van der Waals surface area contributed by atoms with Crippen molar-refractivity contribution in [1.29, 1.82) is 0 Å². The van der Waals surface area contributed by atoms with Crippen molar-refractivity contribution < 1.29 is 23.1 Å². The number of aryl methyl sites for hydroxylation is 1. The zero-order chi connectivity index (χ0) is 24.1. The molecule has 0 unspecified atom stereocenters. The summed E-state index contributed by atoms with van der Waals surface area (Å²) in [5.41, 5.74) is 1.62. The zero-order valence-corrected chi connectivity index (χ0v) is 19.1. The summed E-state index contributed by atoms with van der Waals surface area (Å²) in [7, 11) is 0. The topological polar surface area (TPSA) is 75.3 Å². The first kappa shape index (κ1) is 22.6. The van der Waals surface area contributed by atoms with Crippen LogP contribution in [-0.4, -0.2) is 39.4 Å². The Balaban J connectivity index is 1.91. The van der Waals surface area contributed by atoms with Gasteiger partial charge in [-0.2, -0.15) is 0 Å². The molecule has 4 rings (SSSR count). The summed E-state index contributed by atoms with van der Waals surface area (Å²) in [4.78, 5) is 35.2. The van der Waals surface area contributed by atoms with E-state index in [9.17, 15) is 18.4 Å². The minimum atomic E-state index is -0.690. The molecule has 33 heavy (non-hydrogen) atoms. The van der Waals surface area contributed by atoms with Crippen LogP contribution in [0.5, 0.6) is 0 Å². The number of hydrogen-bond acceptors (Lipinski definition) is 4. The summed E-state index contributed by atoms with van der Waals surface area (Å²) in [6, 6.07) is 5.50. The molecule has 0 aliphatic carbocycles. The van der Waals surface area contributed by atoms with Crippen LogP contribution >= 0.6 is 0 Å². The molecule has 8 heteroatoms. The van der Waals surface area contributed by atoms with Gasteiger partial charge >= 0.3 is 5.97 Å². The Kier molecular flexibility index (Phi) is 5.56. The van der Waals surface area contributed by atoms with Crippen molar-refractivity contribution in [3.05, 3.63) is 70.7 Å². The highest BCUT2D eigenvalue weighted by Crippen LogP contribution is 2.40. The van der Waals surface area contributed by atoms with Crippen molar-refractivity contribution >= 4 is 28.5 Å². The number of nitrogens with one attached hydrogen (secondary N) is 1. The Morgan fingerprint density at radius 3 is 2.61 bits per heavy atom. The van der Waals surface area contributed by atoms with E-state index in [4.69, 9.17) is 4.74 Å². The van der Waals surface area contributed by atoms with Gasteiger partial charge in [0.15, 0.2) is 0 Å². The monoisotopic (exact) mass is 453 g/mol. The number of pyridine rings is 1. The third-order valence-electron chi connectivity index (χ3n) is 5.64. The van der Waals surface area contributed by atoms with E-state index in [1.165, 1.54) is 35.4 Å². The second-order valence-electron chi connectivity index (χ2n) is 9.20. The third-order valence-corrected chi connectivity index (χ3v) is 5.64. The van der Waals surface area contributed by atoms with Gasteiger partial charge in [-0.1, -0.05) is 13.8 Å². The Hall–Kier alpha value is -3.55. The zero-order valence-electron chi connectivity index (χ0n) is 19.1. The second kappa shape index (κ2) is 8.10. The van der Waals surface area contributed by atoms with Crippen LogP contribution in [0.3, 0.4) is 0 Å². The number of H-pyrrole nitrogens is 1. The lowest BCUT2D eigenvalue weighted by atomic mass is 9.82. The summed E-state index contributed by atoms with van der Waals surface area (Å²) in [6.45, 7) is 9.05. The Morgan fingerprint density at radius 1 is 1.21 bits per heavy atom. The molecule has 1 aliphatic heterocycles. The van der Waals surface area contributed by atoms with Gasteiger partial charge in [0.2, 0.25) is 0 Å². The number of ether oxygens (including phenoxy) is 1. The van der Waals surface area contributed by atoms with Gasteiger partial charge in [0.1, 0.15) is 17.3 Å². The lowest BCUT2D eigenvalue weighted by Gasteiger charge is -2.29. The maximum absolute atomic E-state index is 14.1. The fraction of sp³-hybridized carbons (Fsp3) is 0.320. The average molecular weight is 453 g/mol. The molecule has 0 radical (unpaired) electrons. The van der Waals surface area contributed by atoms with E-state index in [1.807, 2.05) is 13.8 Å². The molecule has 6 nitrogen and oxygen atoms in total.